The summed E-state index contributed by atoms with van der Waals surface area (Å²) >= 11 is 0. The molecule has 0 atom stereocenters. The molecule has 0 saturated carbocycles. The van der Waals surface area contributed by atoms with Crippen LogP contribution in [-0.2, 0) is 0 Å². The minimum atomic E-state index is 0.951. The lowest BCUT2D eigenvalue weighted by atomic mass is 10.1. The van der Waals surface area contributed by atoms with Gasteiger partial charge in [0.2, 0.25) is 0 Å². The fraction of sp³-hybridized carbons (Fsp3) is 0. The largest absolute Gasteiger partial charge is 0.0616 e. The maximum atomic E-state index is 3.41. The predicted molar refractivity (Wildman–Crippen MR) is 249 cm³/mol. The molecule has 10 aromatic carbocycles. The SMILES string of the molecule is c1c#cc2ccccc2c2ccccc2c#cc2ccccc2c2ccccc2c#1.c1c#cc2ccccc2c2ccccc2c#cc2ccccc2c2ccccc2c#1. The fourth-order valence-corrected chi connectivity index (χ4v) is 7.28. The third-order valence-corrected chi connectivity index (χ3v) is 10.2. The van der Waals surface area contributed by atoms with Gasteiger partial charge in [0.05, 0.1) is 0 Å². The molecule has 0 spiro atoms. The molecule has 10 rings (SSSR count). The highest BCUT2D eigenvalue weighted by molar-refractivity contribution is 6.07. The van der Waals surface area contributed by atoms with Gasteiger partial charge in [0.25, 0.3) is 0 Å². The van der Waals surface area contributed by atoms with E-state index in [1.807, 2.05) is 121 Å². The van der Waals surface area contributed by atoms with Gasteiger partial charge in [-0.3, -0.25) is 0 Å². The van der Waals surface area contributed by atoms with Crippen molar-refractivity contribution in [3.63, 3.8) is 0 Å². The Kier molecular flexibility index (Phi) is 10.7. The van der Waals surface area contributed by atoms with Gasteiger partial charge >= 0.3 is 0 Å². The number of rotatable bonds is 0. The molecule has 0 fully saturated rings. The third-order valence-electron chi connectivity index (χ3n) is 10.2. The molecule has 0 radical (unpaired) electrons. The van der Waals surface area contributed by atoms with E-state index in [2.05, 4.69) is 146 Å². The summed E-state index contributed by atoms with van der Waals surface area (Å²) in [5.74, 6) is 0. The summed E-state index contributed by atoms with van der Waals surface area (Å²) in [4.78, 5) is 0. The summed E-state index contributed by atoms with van der Waals surface area (Å²) in [6, 6.07) is 104. The molecule has 0 amide bonds. The van der Waals surface area contributed by atoms with Crippen LogP contribution in [0.15, 0.2) is 194 Å². The fourth-order valence-electron chi connectivity index (χ4n) is 7.28. The van der Waals surface area contributed by atoms with Gasteiger partial charge in [-0.05, 0) is 116 Å². The minimum absolute atomic E-state index is 0.951. The standard InChI is InChI=1S/2C30H16/c2*1-2-12-24-14-4-8-18-28(24)30-20-10-6-16-26(30)22-21-25-15-5-9-19-29(25)27-17-7-3-13-23(27)11-1/h2*3-10,13-20H. The average molecular weight is 753 g/mol. The van der Waals surface area contributed by atoms with E-state index in [1.54, 1.807) is 0 Å². The highest BCUT2D eigenvalue weighted by Gasteiger charge is 1.99. The maximum absolute atomic E-state index is 3.41. The van der Waals surface area contributed by atoms with E-state index in [9.17, 15) is 0 Å². The van der Waals surface area contributed by atoms with Crippen molar-refractivity contribution in [2.75, 3.05) is 0 Å². The summed E-state index contributed by atoms with van der Waals surface area (Å²) < 4.78 is 0. The normalized spacial score (nSPS) is 9.87. The number of benzene rings is 8. The lowest BCUT2D eigenvalue weighted by Gasteiger charge is -1.97. The topological polar surface area (TPSA) is 0 Å². The summed E-state index contributed by atoms with van der Waals surface area (Å²) in [6.45, 7) is 0. The lowest BCUT2D eigenvalue weighted by Crippen LogP contribution is -1.72. The van der Waals surface area contributed by atoms with Crippen molar-refractivity contribution < 1.29 is 0 Å². The second-order valence-corrected chi connectivity index (χ2v) is 13.9. The van der Waals surface area contributed by atoms with Gasteiger partial charge in [0, 0.05) is 43.1 Å². The van der Waals surface area contributed by atoms with Crippen molar-refractivity contribution in [2.45, 2.75) is 0 Å². The van der Waals surface area contributed by atoms with Crippen molar-refractivity contribution >= 4 is 86.2 Å². The Morgan fingerprint density at radius 3 is 0.450 bits per heavy atom. The van der Waals surface area contributed by atoms with Crippen LogP contribution in [0.25, 0.3) is 86.2 Å². The first-order valence-electron chi connectivity index (χ1n) is 19.6. The maximum Gasteiger partial charge on any atom is 0.0334 e. The average Bonchev–Trinajstić information content (AvgIpc) is 3.31. The molecule has 0 bridgehead atoms. The zero-order chi connectivity index (χ0) is 40.4. The van der Waals surface area contributed by atoms with Crippen molar-refractivity contribution in [1.82, 2.24) is 0 Å². The molecule has 0 nitrogen and oxygen atoms in total. The quantitative estimate of drug-likeness (QED) is 0.145. The van der Waals surface area contributed by atoms with Gasteiger partial charge in [0.1, 0.15) is 0 Å². The van der Waals surface area contributed by atoms with Crippen molar-refractivity contribution in [1.29, 1.82) is 0 Å². The highest BCUT2D eigenvalue weighted by Crippen LogP contribution is 2.24. The molecule has 0 heterocycles. The summed E-state index contributed by atoms with van der Waals surface area (Å²) in [5, 5.41) is 16.4. The Hall–Kier alpha value is -8.88. The Morgan fingerprint density at radius 1 is 0.150 bits per heavy atom. The van der Waals surface area contributed by atoms with Crippen LogP contribution >= 0.6 is 0 Å². The van der Waals surface area contributed by atoms with Gasteiger partial charge < -0.3 is 0 Å². The number of hydrogen-bond donors (Lipinski definition) is 0. The van der Waals surface area contributed by atoms with E-state index >= 15 is 0 Å². The van der Waals surface area contributed by atoms with Crippen LogP contribution in [0.1, 0.15) is 0 Å². The van der Waals surface area contributed by atoms with Crippen molar-refractivity contribution in [2.24, 2.45) is 0 Å². The predicted octanol–water partition coefficient (Wildman–Crippen LogP) is 14.7. The van der Waals surface area contributed by atoms with Crippen LogP contribution in [-0.4, -0.2) is 0 Å². The van der Waals surface area contributed by atoms with Crippen LogP contribution in [0, 0.1) is 72.8 Å². The molecule has 0 heteroatoms. The monoisotopic (exact) mass is 752 g/mol. The first-order valence-corrected chi connectivity index (χ1v) is 19.6. The van der Waals surface area contributed by atoms with E-state index in [4.69, 9.17) is 0 Å². The Labute approximate surface area is 351 Å². The van der Waals surface area contributed by atoms with Gasteiger partial charge in [0.15, 0.2) is 0 Å². The van der Waals surface area contributed by atoms with E-state index in [0.717, 1.165) is 86.2 Å². The van der Waals surface area contributed by atoms with Gasteiger partial charge in [-0.2, -0.15) is 0 Å². The van der Waals surface area contributed by atoms with Crippen LogP contribution in [0.5, 0.6) is 0 Å². The molecule has 10 aromatic rings. The number of fused-ring (bicyclic) bond motifs is 12. The lowest BCUT2D eigenvalue weighted by molar-refractivity contribution is 1.78. The second kappa shape index (κ2) is 17.5. The molecule has 0 aromatic heterocycles. The van der Waals surface area contributed by atoms with Crippen molar-refractivity contribution in [3.8, 4) is 0 Å². The van der Waals surface area contributed by atoms with E-state index in [0.29, 0.717) is 0 Å². The molecule has 0 saturated heterocycles. The van der Waals surface area contributed by atoms with Crippen LogP contribution in [0.3, 0.4) is 0 Å². The first-order chi connectivity index (χ1) is 29.8. The zero-order valence-electron chi connectivity index (χ0n) is 32.5. The van der Waals surface area contributed by atoms with Gasteiger partial charge in [-0.1, -0.05) is 194 Å². The van der Waals surface area contributed by atoms with Crippen LogP contribution in [0.4, 0.5) is 0 Å². The molecule has 0 aliphatic rings. The second-order valence-electron chi connectivity index (χ2n) is 13.9. The highest BCUT2D eigenvalue weighted by atomic mass is 14.0. The van der Waals surface area contributed by atoms with Crippen LogP contribution in [0.2, 0.25) is 0 Å². The minimum Gasteiger partial charge on any atom is -0.0616 e. The molecule has 0 N–H and O–H groups in total. The van der Waals surface area contributed by atoms with Crippen LogP contribution < -0.4 is 0 Å². The van der Waals surface area contributed by atoms with E-state index < -0.39 is 0 Å². The summed E-state index contributed by atoms with van der Waals surface area (Å²) in [7, 11) is 0. The Balaban J connectivity index is 0.000000154. The Morgan fingerprint density at radius 2 is 0.283 bits per heavy atom. The molecular weight excluding hydrogens is 721 g/mol. The number of hydrogen-bond acceptors (Lipinski definition) is 0. The smallest absolute Gasteiger partial charge is 0.0334 e. The molecular formula is C60H32. The zero-order valence-corrected chi connectivity index (χ0v) is 32.5. The van der Waals surface area contributed by atoms with Gasteiger partial charge in [-0.25, -0.2) is 0 Å². The summed E-state index contributed by atoms with van der Waals surface area (Å²) in [5.41, 5.74) is 0. The third kappa shape index (κ3) is 8.02. The molecule has 60 heavy (non-hydrogen) atoms. The first kappa shape index (κ1) is 36.7. The van der Waals surface area contributed by atoms with E-state index in [1.165, 1.54) is 0 Å². The van der Waals surface area contributed by atoms with Gasteiger partial charge in [-0.15, -0.1) is 0 Å². The Bertz CT molecular complexity index is 2990. The molecule has 0 aliphatic heterocycles. The molecule has 272 valence electrons. The summed E-state index contributed by atoms with van der Waals surface area (Å²) in [6.07, 6.45) is 0. The van der Waals surface area contributed by atoms with E-state index in [-0.39, 0.29) is 0 Å². The molecule has 0 aliphatic carbocycles. The van der Waals surface area contributed by atoms with Crippen molar-refractivity contribution in [3.05, 3.63) is 267 Å². The molecule has 0 unspecified atom stereocenters.